The van der Waals surface area contributed by atoms with Gasteiger partial charge >= 0.3 is 18.2 Å². The first-order valence-electron chi connectivity index (χ1n) is 12.5. The number of likely N-dealkylation sites (N-methyl/N-ethyl adjacent to an activating group) is 1. The van der Waals surface area contributed by atoms with Crippen molar-refractivity contribution in [1.29, 1.82) is 0 Å². The maximum absolute atomic E-state index is 14.2. The smallest absolute Gasteiger partial charge is 0.422 e. The summed E-state index contributed by atoms with van der Waals surface area (Å²) in [7, 11) is 1.25. The molecule has 40 heavy (non-hydrogen) atoms. The third-order valence-corrected chi connectivity index (χ3v) is 6.58. The predicted octanol–water partition coefficient (Wildman–Crippen LogP) is 7.12. The number of hydrogen-bond donors (Lipinski definition) is 0. The lowest BCUT2D eigenvalue weighted by Gasteiger charge is -2.30. The van der Waals surface area contributed by atoms with Gasteiger partial charge in [-0.05, 0) is 60.7 Å². The van der Waals surface area contributed by atoms with Crippen LogP contribution in [0.5, 0.6) is 0 Å². The third kappa shape index (κ3) is 6.11. The van der Waals surface area contributed by atoms with Gasteiger partial charge in [-0.3, -0.25) is 4.90 Å². The largest absolute Gasteiger partial charge is 0.458 e. The normalized spacial score (nSPS) is 13.8. The number of carbonyl (C=O) groups is 2. The molecule has 0 saturated heterocycles. The fourth-order valence-corrected chi connectivity index (χ4v) is 4.81. The van der Waals surface area contributed by atoms with E-state index in [9.17, 15) is 31.5 Å². The van der Waals surface area contributed by atoms with Gasteiger partial charge in [-0.2, -0.15) is 13.2 Å². The Kier molecular flexibility index (Phi) is 7.92. The van der Waals surface area contributed by atoms with Gasteiger partial charge < -0.3 is 9.47 Å². The van der Waals surface area contributed by atoms with Gasteiger partial charge in [0.05, 0.1) is 0 Å². The van der Waals surface area contributed by atoms with E-state index >= 15 is 0 Å². The minimum Gasteiger partial charge on any atom is -0.458 e. The molecule has 0 aromatic heterocycles. The van der Waals surface area contributed by atoms with E-state index in [1.807, 2.05) is 48.5 Å². The zero-order chi connectivity index (χ0) is 29.4. The fourth-order valence-electron chi connectivity index (χ4n) is 4.81. The van der Waals surface area contributed by atoms with E-state index < -0.39 is 53.5 Å². The average molecular weight is 562 g/mol. The number of nitrogens with zero attached hydrogens (tertiary/aromatic N) is 1. The second-order valence-electron chi connectivity index (χ2n) is 10.6. The highest BCUT2D eigenvalue weighted by Gasteiger charge is 2.39. The van der Waals surface area contributed by atoms with Crippen molar-refractivity contribution in [3.63, 3.8) is 0 Å². The molecule has 1 aliphatic rings. The number of hydrogen-bond acceptors (Lipinski definition) is 4. The van der Waals surface area contributed by atoms with Crippen LogP contribution in [-0.4, -0.2) is 42.3 Å². The van der Waals surface area contributed by atoms with Gasteiger partial charge in [-0.1, -0.05) is 48.5 Å². The SMILES string of the molecule is CN(C(=O)OCC1c2ccccc2-c2ccccc21)C(Cc1cc(F)c(C(F)(F)F)c(F)c1)C(=O)OC(C)(C)C. The summed E-state index contributed by atoms with van der Waals surface area (Å²) in [6.07, 6.45) is -6.66. The summed E-state index contributed by atoms with van der Waals surface area (Å²) < 4.78 is 78.6. The molecule has 0 saturated carbocycles. The van der Waals surface area contributed by atoms with Crippen molar-refractivity contribution in [1.82, 2.24) is 4.90 Å². The summed E-state index contributed by atoms with van der Waals surface area (Å²) in [5, 5.41) is 0. The number of ether oxygens (including phenoxy) is 2. The molecule has 3 aromatic rings. The molecule has 0 bridgehead atoms. The van der Waals surface area contributed by atoms with E-state index in [1.54, 1.807) is 20.8 Å². The van der Waals surface area contributed by atoms with Crippen LogP contribution in [-0.2, 0) is 26.9 Å². The van der Waals surface area contributed by atoms with Crippen LogP contribution in [0.25, 0.3) is 11.1 Å². The topological polar surface area (TPSA) is 55.8 Å². The molecule has 1 atom stereocenters. The molecular weight excluding hydrogens is 533 g/mol. The Hall–Kier alpha value is -3.95. The average Bonchev–Trinajstić information content (AvgIpc) is 3.16. The van der Waals surface area contributed by atoms with Crippen LogP contribution in [0.2, 0.25) is 0 Å². The first kappa shape index (κ1) is 29.0. The second-order valence-corrected chi connectivity index (χ2v) is 10.6. The Bertz CT molecular complexity index is 1360. The predicted molar refractivity (Wildman–Crippen MR) is 138 cm³/mol. The zero-order valence-corrected chi connectivity index (χ0v) is 22.3. The molecule has 10 heteroatoms. The minimum atomic E-state index is -5.24. The molecule has 1 unspecified atom stereocenters. The monoisotopic (exact) mass is 561 g/mol. The number of amides is 1. The molecular formula is C30H28F5NO4. The van der Waals surface area contributed by atoms with E-state index in [-0.39, 0.29) is 18.1 Å². The lowest BCUT2D eigenvalue weighted by Crippen LogP contribution is -2.47. The summed E-state index contributed by atoms with van der Waals surface area (Å²) in [6.45, 7) is 4.72. The van der Waals surface area contributed by atoms with Crippen LogP contribution in [0.1, 0.15) is 48.9 Å². The van der Waals surface area contributed by atoms with E-state index in [1.165, 1.54) is 7.05 Å². The molecule has 0 aliphatic heterocycles. The van der Waals surface area contributed by atoms with Crippen molar-refractivity contribution in [3.8, 4) is 11.1 Å². The van der Waals surface area contributed by atoms with Gasteiger partial charge in [-0.25, -0.2) is 18.4 Å². The molecule has 0 spiro atoms. The van der Waals surface area contributed by atoms with Crippen LogP contribution >= 0.6 is 0 Å². The lowest BCUT2D eigenvalue weighted by atomic mass is 9.98. The molecule has 0 radical (unpaired) electrons. The van der Waals surface area contributed by atoms with Crippen molar-refractivity contribution in [2.45, 2.75) is 50.9 Å². The van der Waals surface area contributed by atoms with Crippen molar-refractivity contribution in [3.05, 3.63) is 94.6 Å². The number of halogens is 5. The molecule has 0 heterocycles. The highest BCUT2D eigenvalue weighted by Crippen LogP contribution is 2.44. The Morgan fingerprint density at radius 2 is 1.40 bits per heavy atom. The molecule has 4 rings (SSSR count). The van der Waals surface area contributed by atoms with E-state index in [0.717, 1.165) is 27.2 Å². The summed E-state index contributed by atoms with van der Waals surface area (Å²) in [4.78, 5) is 27.1. The highest BCUT2D eigenvalue weighted by atomic mass is 19.4. The molecule has 212 valence electrons. The Labute approximate surface area is 228 Å². The maximum atomic E-state index is 14.2. The number of fused-ring (bicyclic) bond motifs is 3. The lowest BCUT2D eigenvalue weighted by molar-refractivity contribution is -0.160. The highest BCUT2D eigenvalue weighted by molar-refractivity contribution is 5.82. The summed E-state index contributed by atoms with van der Waals surface area (Å²) in [5.74, 6) is -4.82. The first-order chi connectivity index (χ1) is 18.7. The Morgan fingerprint density at radius 1 is 0.900 bits per heavy atom. The van der Waals surface area contributed by atoms with Crippen molar-refractivity contribution in [2.75, 3.05) is 13.7 Å². The fraction of sp³-hybridized carbons (Fsp3) is 0.333. The van der Waals surface area contributed by atoms with Gasteiger partial charge in [0.1, 0.15) is 35.4 Å². The van der Waals surface area contributed by atoms with Crippen LogP contribution < -0.4 is 0 Å². The molecule has 3 aromatic carbocycles. The molecule has 1 aliphatic carbocycles. The van der Waals surface area contributed by atoms with Crippen LogP contribution in [0.15, 0.2) is 60.7 Å². The van der Waals surface area contributed by atoms with Gasteiger partial charge in [0.2, 0.25) is 0 Å². The summed E-state index contributed by atoms with van der Waals surface area (Å²) >= 11 is 0. The van der Waals surface area contributed by atoms with Crippen LogP contribution in [0, 0.1) is 11.6 Å². The summed E-state index contributed by atoms with van der Waals surface area (Å²) in [6, 6.07) is 15.0. The molecule has 0 N–H and O–H groups in total. The minimum absolute atomic E-state index is 0.0538. The quantitative estimate of drug-likeness (QED) is 0.238. The van der Waals surface area contributed by atoms with Crippen molar-refractivity contribution < 1.29 is 41.0 Å². The van der Waals surface area contributed by atoms with Crippen molar-refractivity contribution >= 4 is 12.1 Å². The van der Waals surface area contributed by atoms with E-state index in [4.69, 9.17) is 9.47 Å². The van der Waals surface area contributed by atoms with Crippen molar-refractivity contribution in [2.24, 2.45) is 0 Å². The summed E-state index contributed by atoms with van der Waals surface area (Å²) in [5.41, 5.74) is 0.703. The van der Waals surface area contributed by atoms with Gasteiger partial charge in [0, 0.05) is 19.4 Å². The van der Waals surface area contributed by atoms with Crippen LogP contribution in [0.4, 0.5) is 26.7 Å². The zero-order valence-electron chi connectivity index (χ0n) is 22.3. The van der Waals surface area contributed by atoms with Gasteiger partial charge in [0.15, 0.2) is 0 Å². The third-order valence-electron chi connectivity index (χ3n) is 6.58. The second kappa shape index (κ2) is 10.9. The number of esters is 1. The molecule has 5 nitrogen and oxygen atoms in total. The standard InChI is InChI=1S/C30H28F5NO4/c1-29(2,3)40-27(37)25(15-17-13-23(31)26(24(32)14-17)30(33,34)35)36(4)28(38)39-16-22-20-11-7-5-9-18(20)19-10-6-8-12-21(19)22/h5-14,22,25H,15-16H2,1-4H3. The Morgan fingerprint density at radius 3 is 1.88 bits per heavy atom. The number of carbonyl (C=O) groups excluding carboxylic acids is 2. The van der Waals surface area contributed by atoms with Gasteiger partial charge in [-0.15, -0.1) is 0 Å². The maximum Gasteiger partial charge on any atom is 0.422 e. The van der Waals surface area contributed by atoms with E-state index in [0.29, 0.717) is 12.1 Å². The first-order valence-corrected chi connectivity index (χ1v) is 12.5. The molecule has 0 fully saturated rings. The number of benzene rings is 3. The van der Waals surface area contributed by atoms with Crippen LogP contribution in [0.3, 0.4) is 0 Å². The molecule has 1 amide bonds. The van der Waals surface area contributed by atoms with Gasteiger partial charge in [0.25, 0.3) is 0 Å². The van der Waals surface area contributed by atoms with E-state index in [2.05, 4.69) is 0 Å². The Balaban J connectivity index is 1.57. The number of alkyl halides is 3. The number of rotatable bonds is 6.